The second-order valence-electron chi connectivity index (χ2n) is 2.32. The quantitative estimate of drug-likeness (QED) is 0.795. The summed E-state index contributed by atoms with van der Waals surface area (Å²) in [5, 5.41) is 9.35. The van der Waals surface area contributed by atoms with Gasteiger partial charge in [-0.05, 0) is 28.7 Å². The van der Waals surface area contributed by atoms with E-state index in [9.17, 15) is 9.50 Å². The molecule has 0 fully saturated rings. The Hall–Kier alpha value is -1.16. The van der Waals surface area contributed by atoms with Crippen molar-refractivity contribution in [3.8, 4) is 5.75 Å². The summed E-state index contributed by atoms with van der Waals surface area (Å²) < 4.78 is 13.5. The van der Waals surface area contributed by atoms with Crippen molar-refractivity contribution in [3.63, 3.8) is 0 Å². The van der Waals surface area contributed by atoms with Gasteiger partial charge in [-0.1, -0.05) is 12.7 Å². The first kappa shape index (κ1) is 9.92. The summed E-state index contributed by atoms with van der Waals surface area (Å²) in [6.45, 7) is 6.65. The van der Waals surface area contributed by atoms with Gasteiger partial charge in [-0.2, -0.15) is 0 Å². The molecule has 13 heavy (non-hydrogen) atoms. The number of hydrogen-bond acceptors (Lipinski definition) is 2. The van der Waals surface area contributed by atoms with E-state index in [2.05, 4.69) is 34.2 Å². The number of nitrogens with zero attached hydrogens (tertiary/aromatic N) is 1. The van der Waals surface area contributed by atoms with E-state index in [0.29, 0.717) is 0 Å². The fourth-order valence-corrected chi connectivity index (χ4v) is 1.41. The Bertz CT molecular complexity index is 376. The molecule has 0 heterocycles. The lowest BCUT2D eigenvalue weighted by molar-refractivity contribution is 0.474. The second-order valence-corrected chi connectivity index (χ2v) is 3.17. The molecule has 0 bridgehead atoms. The number of halogens is 2. The molecule has 1 aromatic rings. The van der Waals surface area contributed by atoms with Gasteiger partial charge in [0.25, 0.3) is 0 Å². The summed E-state index contributed by atoms with van der Waals surface area (Å²) >= 11 is 2.96. The predicted molar refractivity (Wildman–Crippen MR) is 55.1 cm³/mol. The molecule has 0 saturated carbocycles. The summed E-state index contributed by atoms with van der Waals surface area (Å²) in [6.07, 6.45) is 1.28. The van der Waals surface area contributed by atoms with Gasteiger partial charge in [-0.3, -0.25) is 4.99 Å². The second kappa shape index (κ2) is 3.70. The van der Waals surface area contributed by atoms with Crippen molar-refractivity contribution >= 4 is 34.4 Å². The van der Waals surface area contributed by atoms with Gasteiger partial charge in [0.15, 0.2) is 0 Å². The minimum absolute atomic E-state index is 0.107. The highest BCUT2D eigenvalue weighted by atomic mass is 79.9. The number of benzene rings is 1. The Kier molecular flexibility index (Phi) is 2.83. The van der Waals surface area contributed by atoms with Gasteiger partial charge < -0.3 is 5.11 Å². The summed E-state index contributed by atoms with van der Waals surface area (Å²) in [4.78, 5) is 3.51. The van der Waals surface area contributed by atoms with E-state index < -0.39 is 5.82 Å². The summed E-state index contributed by atoms with van der Waals surface area (Å²) in [5.74, 6) is -0.631. The Balaban J connectivity index is 3.59. The molecule has 0 aliphatic carbocycles. The molecule has 0 unspecified atom stereocenters. The lowest BCUT2D eigenvalue weighted by atomic mass is 10.1. The highest BCUT2D eigenvalue weighted by molar-refractivity contribution is 9.10. The molecular formula is C9H7BrFNO. The third-order valence-corrected chi connectivity index (χ3v) is 2.15. The van der Waals surface area contributed by atoms with E-state index in [1.54, 1.807) is 0 Å². The molecule has 1 rings (SSSR count). The van der Waals surface area contributed by atoms with Crippen molar-refractivity contribution in [1.82, 2.24) is 0 Å². The minimum atomic E-state index is -0.504. The van der Waals surface area contributed by atoms with Gasteiger partial charge in [-0.15, -0.1) is 0 Å². The molecule has 0 radical (unpaired) electrons. The van der Waals surface area contributed by atoms with Crippen LogP contribution in [0.5, 0.6) is 5.75 Å². The van der Waals surface area contributed by atoms with Gasteiger partial charge in [0.1, 0.15) is 17.3 Å². The molecule has 1 aromatic carbocycles. The SMILES string of the molecule is C=Cc1c(F)c(Br)cc(O)c1N=C. The Morgan fingerprint density at radius 3 is 2.69 bits per heavy atom. The maximum absolute atomic E-state index is 13.3. The maximum Gasteiger partial charge on any atom is 0.147 e. The lowest BCUT2D eigenvalue weighted by Gasteiger charge is -2.05. The first-order valence-electron chi connectivity index (χ1n) is 3.42. The van der Waals surface area contributed by atoms with Crippen molar-refractivity contribution in [2.75, 3.05) is 0 Å². The van der Waals surface area contributed by atoms with E-state index in [-0.39, 0.29) is 21.5 Å². The zero-order valence-electron chi connectivity index (χ0n) is 6.72. The van der Waals surface area contributed by atoms with Crippen LogP contribution in [0.15, 0.2) is 22.1 Å². The van der Waals surface area contributed by atoms with Crippen LogP contribution in [0.4, 0.5) is 10.1 Å². The number of phenolic OH excluding ortho intramolecular Hbond substituents is 1. The smallest absolute Gasteiger partial charge is 0.147 e. The van der Waals surface area contributed by atoms with Crippen LogP contribution in [-0.4, -0.2) is 11.8 Å². The van der Waals surface area contributed by atoms with Crippen LogP contribution in [-0.2, 0) is 0 Å². The number of aromatic hydroxyl groups is 1. The van der Waals surface area contributed by atoms with E-state index in [0.717, 1.165) is 0 Å². The van der Waals surface area contributed by atoms with Gasteiger partial charge in [-0.25, -0.2) is 4.39 Å². The van der Waals surface area contributed by atoms with Crippen LogP contribution >= 0.6 is 15.9 Å². The first-order valence-corrected chi connectivity index (χ1v) is 4.21. The largest absolute Gasteiger partial charge is 0.506 e. The van der Waals surface area contributed by atoms with Crippen LogP contribution in [0.3, 0.4) is 0 Å². The number of aliphatic imine (C=N–C) groups is 1. The van der Waals surface area contributed by atoms with Crippen LogP contribution in [0.2, 0.25) is 0 Å². The van der Waals surface area contributed by atoms with Gasteiger partial charge in [0, 0.05) is 5.56 Å². The molecule has 2 nitrogen and oxygen atoms in total. The molecule has 1 N–H and O–H groups in total. The number of phenols is 1. The normalized spacial score (nSPS) is 9.69. The van der Waals surface area contributed by atoms with Crippen LogP contribution in [0, 0.1) is 5.82 Å². The van der Waals surface area contributed by atoms with Crippen molar-refractivity contribution < 1.29 is 9.50 Å². The molecule has 0 saturated heterocycles. The third-order valence-electron chi connectivity index (χ3n) is 1.57. The summed E-state index contributed by atoms with van der Waals surface area (Å²) in [5.41, 5.74) is 0.248. The van der Waals surface area contributed by atoms with E-state index in [4.69, 9.17) is 0 Å². The van der Waals surface area contributed by atoms with Crippen LogP contribution in [0.25, 0.3) is 6.08 Å². The first-order chi connectivity index (χ1) is 6.11. The monoisotopic (exact) mass is 243 g/mol. The van der Waals surface area contributed by atoms with Gasteiger partial charge >= 0.3 is 0 Å². The van der Waals surface area contributed by atoms with Crippen molar-refractivity contribution in [1.29, 1.82) is 0 Å². The molecule has 0 atom stereocenters. The summed E-state index contributed by atoms with van der Waals surface area (Å²) in [6, 6.07) is 1.23. The van der Waals surface area contributed by atoms with Crippen molar-refractivity contribution in [2.45, 2.75) is 0 Å². The fraction of sp³-hybridized carbons (Fsp3) is 0. The number of rotatable bonds is 2. The Morgan fingerprint density at radius 2 is 2.23 bits per heavy atom. The molecular weight excluding hydrogens is 237 g/mol. The Labute approximate surface area is 83.6 Å². The third kappa shape index (κ3) is 1.62. The molecule has 4 heteroatoms. The average molecular weight is 244 g/mol. The molecule has 0 aliphatic rings. The maximum atomic E-state index is 13.3. The predicted octanol–water partition coefficient (Wildman–Crippen LogP) is 3.27. The molecule has 0 aromatic heterocycles. The molecule has 0 spiro atoms. The highest BCUT2D eigenvalue weighted by Crippen LogP contribution is 2.36. The van der Waals surface area contributed by atoms with Crippen LogP contribution < -0.4 is 0 Å². The van der Waals surface area contributed by atoms with E-state index in [1.807, 2.05) is 0 Å². The molecule has 0 aliphatic heterocycles. The van der Waals surface area contributed by atoms with Crippen molar-refractivity contribution in [3.05, 3.63) is 28.5 Å². The van der Waals surface area contributed by atoms with E-state index in [1.165, 1.54) is 12.1 Å². The zero-order chi connectivity index (χ0) is 10.0. The number of hydrogen-bond donors (Lipinski definition) is 1. The molecule has 68 valence electrons. The highest BCUT2D eigenvalue weighted by Gasteiger charge is 2.13. The lowest BCUT2D eigenvalue weighted by Crippen LogP contribution is -1.85. The van der Waals surface area contributed by atoms with Gasteiger partial charge in [0.2, 0.25) is 0 Å². The van der Waals surface area contributed by atoms with Crippen LogP contribution in [0.1, 0.15) is 5.56 Å². The fourth-order valence-electron chi connectivity index (χ4n) is 0.975. The van der Waals surface area contributed by atoms with Gasteiger partial charge in [0.05, 0.1) is 4.47 Å². The average Bonchev–Trinajstić information content (AvgIpc) is 2.10. The summed E-state index contributed by atoms with van der Waals surface area (Å²) in [7, 11) is 0. The van der Waals surface area contributed by atoms with E-state index >= 15 is 0 Å². The molecule has 0 amide bonds. The zero-order valence-corrected chi connectivity index (χ0v) is 8.31. The topological polar surface area (TPSA) is 32.6 Å². The minimum Gasteiger partial charge on any atom is -0.506 e. The Morgan fingerprint density at radius 1 is 1.62 bits per heavy atom. The standard InChI is InChI=1S/C9H7BrFNO/c1-3-5-8(11)6(10)4-7(13)9(5)12-2/h3-4,13H,1-2H2. The van der Waals surface area contributed by atoms with Crippen molar-refractivity contribution in [2.24, 2.45) is 4.99 Å².